The molecule has 2 heterocycles. The molecule has 3 fully saturated rings. The molecule has 2 saturated heterocycles. The SMILES string of the molecule is BC1O[C@]2(C(C)OC)C3C1O[C@@]3(OC)C2(C)C. The summed E-state index contributed by atoms with van der Waals surface area (Å²) in [7, 11) is 5.54. The number of methoxy groups -OCH3 is 2. The third-order valence-corrected chi connectivity index (χ3v) is 5.46. The zero-order chi connectivity index (χ0) is 12.6. The Morgan fingerprint density at radius 3 is 2.41 bits per heavy atom. The van der Waals surface area contributed by atoms with Gasteiger partial charge in [0.15, 0.2) is 5.79 Å². The van der Waals surface area contributed by atoms with Gasteiger partial charge in [0.25, 0.3) is 0 Å². The Morgan fingerprint density at radius 1 is 1.24 bits per heavy atom. The van der Waals surface area contributed by atoms with Gasteiger partial charge in [0, 0.05) is 14.2 Å². The van der Waals surface area contributed by atoms with Gasteiger partial charge >= 0.3 is 0 Å². The number of ether oxygens (including phenoxy) is 4. The fourth-order valence-electron chi connectivity index (χ4n) is 4.56. The average molecular weight is 240 g/mol. The maximum atomic E-state index is 6.27. The Kier molecular flexibility index (Phi) is 2.16. The smallest absolute Gasteiger partial charge is 0.184 e. The van der Waals surface area contributed by atoms with Crippen molar-refractivity contribution in [2.24, 2.45) is 11.3 Å². The molecular formula is C12H21BO4. The second-order valence-electron chi connectivity index (χ2n) is 6.05. The van der Waals surface area contributed by atoms with E-state index in [1.807, 2.05) is 0 Å². The van der Waals surface area contributed by atoms with E-state index in [0.29, 0.717) is 5.92 Å². The molecule has 0 amide bonds. The van der Waals surface area contributed by atoms with E-state index in [9.17, 15) is 0 Å². The Labute approximate surface area is 103 Å². The van der Waals surface area contributed by atoms with Crippen molar-refractivity contribution < 1.29 is 18.9 Å². The number of hydrogen-bond donors (Lipinski definition) is 0. The molecule has 2 aliphatic heterocycles. The predicted octanol–water partition coefficient (Wildman–Crippen LogP) is 0.147. The van der Waals surface area contributed by atoms with Crippen LogP contribution in [0.2, 0.25) is 0 Å². The number of rotatable bonds is 3. The van der Waals surface area contributed by atoms with Crippen LogP contribution >= 0.6 is 0 Å². The van der Waals surface area contributed by atoms with Crippen LogP contribution in [-0.4, -0.2) is 51.7 Å². The summed E-state index contributed by atoms with van der Waals surface area (Å²) >= 11 is 0. The van der Waals surface area contributed by atoms with E-state index in [4.69, 9.17) is 18.9 Å². The van der Waals surface area contributed by atoms with Gasteiger partial charge in [0.1, 0.15) is 13.4 Å². The lowest BCUT2D eigenvalue weighted by Crippen LogP contribution is -2.89. The largest absolute Gasteiger partial charge is 0.379 e. The molecule has 3 rings (SSSR count). The van der Waals surface area contributed by atoms with Crippen LogP contribution in [-0.2, 0) is 18.9 Å². The molecule has 0 aromatic rings. The first kappa shape index (κ1) is 12.0. The number of hydrogen-bond acceptors (Lipinski definition) is 4. The lowest BCUT2D eigenvalue weighted by atomic mass is 9.42. The molecule has 0 bridgehead atoms. The molecule has 96 valence electrons. The normalized spacial score (nSPS) is 55.7. The first-order valence-electron chi connectivity index (χ1n) is 6.32. The molecule has 0 radical (unpaired) electrons. The minimum Gasteiger partial charge on any atom is -0.379 e. The van der Waals surface area contributed by atoms with Gasteiger partial charge in [-0.15, -0.1) is 0 Å². The fourth-order valence-corrected chi connectivity index (χ4v) is 4.56. The van der Waals surface area contributed by atoms with E-state index in [2.05, 4.69) is 28.6 Å². The van der Waals surface area contributed by atoms with Gasteiger partial charge in [-0.25, -0.2) is 0 Å². The van der Waals surface area contributed by atoms with E-state index >= 15 is 0 Å². The van der Waals surface area contributed by atoms with E-state index < -0.39 is 5.79 Å². The van der Waals surface area contributed by atoms with Gasteiger partial charge in [-0.3, -0.25) is 0 Å². The summed E-state index contributed by atoms with van der Waals surface area (Å²) < 4.78 is 23.5. The second kappa shape index (κ2) is 3.07. The van der Waals surface area contributed by atoms with Gasteiger partial charge in [-0.05, 0) is 6.92 Å². The standard InChI is InChI=1S/C12H21BO4/c1-6(14-4)11-8-7(9(13)17-11)16-12(8,15-5)10(11,2)3/h6-9H,13H2,1-5H3/t6?,7?,8?,9?,11-,12-/m1/s1. The Morgan fingerprint density at radius 2 is 1.88 bits per heavy atom. The minimum atomic E-state index is -0.477. The zero-order valence-corrected chi connectivity index (χ0v) is 11.4. The molecule has 0 aromatic heterocycles. The van der Waals surface area contributed by atoms with Crippen LogP contribution in [0.3, 0.4) is 0 Å². The van der Waals surface area contributed by atoms with E-state index in [1.165, 1.54) is 0 Å². The van der Waals surface area contributed by atoms with Crippen molar-refractivity contribution in [3.63, 3.8) is 0 Å². The highest BCUT2D eigenvalue weighted by atomic mass is 16.8. The van der Waals surface area contributed by atoms with E-state index in [0.717, 1.165) is 0 Å². The van der Waals surface area contributed by atoms with Crippen LogP contribution in [0, 0.1) is 11.3 Å². The van der Waals surface area contributed by atoms with Crippen molar-refractivity contribution in [3.8, 4) is 0 Å². The van der Waals surface area contributed by atoms with Crippen molar-refractivity contribution in [1.82, 2.24) is 0 Å². The molecule has 5 heteroatoms. The van der Waals surface area contributed by atoms with Crippen LogP contribution in [0.1, 0.15) is 20.8 Å². The van der Waals surface area contributed by atoms with Gasteiger partial charge in [-0.2, -0.15) is 0 Å². The maximum Gasteiger partial charge on any atom is 0.184 e. The van der Waals surface area contributed by atoms with Crippen LogP contribution in [0.5, 0.6) is 0 Å². The second-order valence-corrected chi connectivity index (χ2v) is 6.05. The zero-order valence-electron chi connectivity index (χ0n) is 11.4. The molecule has 0 aromatic carbocycles. The summed E-state index contributed by atoms with van der Waals surface area (Å²) in [4.78, 5) is 0. The van der Waals surface area contributed by atoms with Crippen molar-refractivity contribution in [2.75, 3.05) is 14.2 Å². The molecule has 17 heavy (non-hydrogen) atoms. The molecule has 1 aliphatic carbocycles. The highest BCUT2D eigenvalue weighted by Gasteiger charge is 2.91. The first-order chi connectivity index (χ1) is 7.89. The Balaban J connectivity index is 2.05. The summed E-state index contributed by atoms with van der Waals surface area (Å²) in [6.45, 7) is 6.38. The molecular weight excluding hydrogens is 219 g/mol. The average Bonchev–Trinajstić information content (AvgIpc) is 2.42. The van der Waals surface area contributed by atoms with Gasteiger partial charge < -0.3 is 18.9 Å². The summed E-state index contributed by atoms with van der Waals surface area (Å²) in [6, 6.07) is 0.114. The predicted molar refractivity (Wildman–Crippen MR) is 64.5 cm³/mol. The third-order valence-electron chi connectivity index (χ3n) is 5.46. The lowest BCUT2D eigenvalue weighted by Gasteiger charge is -2.75. The minimum absolute atomic E-state index is 0.0436. The molecule has 0 spiro atoms. The van der Waals surface area contributed by atoms with Gasteiger partial charge in [0.05, 0.1) is 29.5 Å². The van der Waals surface area contributed by atoms with Crippen molar-refractivity contribution >= 4 is 7.85 Å². The van der Waals surface area contributed by atoms with Crippen LogP contribution < -0.4 is 0 Å². The fraction of sp³-hybridized carbons (Fsp3) is 1.00. The van der Waals surface area contributed by atoms with Crippen molar-refractivity contribution in [2.45, 2.75) is 50.4 Å². The first-order valence-corrected chi connectivity index (χ1v) is 6.32. The monoisotopic (exact) mass is 240 g/mol. The Hall–Kier alpha value is -0.0951. The maximum absolute atomic E-state index is 6.27. The van der Waals surface area contributed by atoms with Crippen molar-refractivity contribution in [3.05, 3.63) is 0 Å². The summed E-state index contributed by atoms with van der Waals surface area (Å²) in [6.07, 6.45) is 0.197. The van der Waals surface area contributed by atoms with Gasteiger partial charge in [-0.1, -0.05) is 13.8 Å². The molecule has 0 N–H and O–H groups in total. The molecule has 6 atom stereocenters. The molecule has 4 nitrogen and oxygen atoms in total. The van der Waals surface area contributed by atoms with Crippen LogP contribution in [0.25, 0.3) is 0 Å². The lowest BCUT2D eigenvalue weighted by molar-refractivity contribution is -0.509. The van der Waals surface area contributed by atoms with Crippen molar-refractivity contribution in [1.29, 1.82) is 0 Å². The quantitative estimate of drug-likeness (QED) is 0.658. The molecule has 3 aliphatic rings. The van der Waals surface area contributed by atoms with E-state index in [-0.39, 0.29) is 29.2 Å². The van der Waals surface area contributed by atoms with Gasteiger partial charge in [0.2, 0.25) is 0 Å². The topological polar surface area (TPSA) is 36.9 Å². The van der Waals surface area contributed by atoms with Crippen LogP contribution in [0.4, 0.5) is 0 Å². The highest BCUT2D eigenvalue weighted by Crippen LogP contribution is 2.77. The summed E-state index contributed by atoms with van der Waals surface area (Å²) in [5.74, 6) is -0.185. The highest BCUT2D eigenvalue weighted by molar-refractivity contribution is 6.12. The molecule has 1 saturated carbocycles. The Bertz CT molecular complexity index is 360. The van der Waals surface area contributed by atoms with E-state index in [1.54, 1.807) is 14.2 Å². The third kappa shape index (κ3) is 0.886. The summed E-state index contributed by atoms with van der Waals surface area (Å²) in [5.41, 5.74) is -0.476. The van der Waals surface area contributed by atoms with Crippen LogP contribution in [0.15, 0.2) is 0 Å². The summed E-state index contributed by atoms with van der Waals surface area (Å²) in [5, 5.41) is 0. The molecule has 4 unspecified atom stereocenters.